The number of aliphatic hydroxyl groups excluding tert-OH is 1. The zero-order valence-electron chi connectivity index (χ0n) is 7.93. The third-order valence-electron chi connectivity index (χ3n) is 1.76. The topological polar surface area (TPSA) is 32.3 Å². The predicted molar refractivity (Wildman–Crippen MR) is 62.5 cm³/mol. The molecule has 0 heterocycles. The molecule has 4 heteroatoms. The Bertz CT molecular complexity index is 304. The molecule has 1 atom stereocenters. The highest BCUT2D eigenvalue weighted by molar-refractivity contribution is 9.10. The Morgan fingerprint density at radius 1 is 1.57 bits per heavy atom. The van der Waals surface area contributed by atoms with Crippen LogP contribution in [0.3, 0.4) is 0 Å². The minimum atomic E-state index is -0.332. The summed E-state index contributed by atoms with van der Waals surface area (Å²) in [4.78, 5) is 0. The van der Waals surface area contributed by atoms with Gasteiger partial charge in [0.25, 0.3) is 0 Å². The van der Waals surface area contributed by atoms with Gasteiger partial charge in [0.05, 0.1) is 6.10 Å². The molecule has 0 aliphatic rings. The molecule has 1 rings (SSSR count). The highest BCUT2D eigenvalue weighted by Gasteiger charge is 2.01. The Hall–Kier alpha value is -0.0900. The number of halogens is 2. The van der Waals surface area contributed by atoms with E-state index in [1.54, 1.807) is 6.92 Å². The van der Waals surface area contributed by atoms with E-state index in [0.717, 1.165) is 15.1 Å². The summed E-state index contributed by atoms with van der Waals surface area (Å²) in [6, 6.07) is 5.73. The highest BCUT2D eigenvalue weighted by atomic mass is 79.9. The third kappa shape index (κ3) is 3.96. The van der Waals surface area contributed by atoms with E-state index < -0.39 is 0 Å². The zero-order valence-corrected chi connectivity index (χ0v) is 10.3. The van der Waals surface area contributed by atoms with Gasteiger partial charge in [-0.05, 0) is 30.7 Å². The minimum absolute atomic E-state index is 0.332. The molecule has 1 aromatic carbocycles. The molecule has 0 aliphatic heterocycles. The second-order valence-corrected chi connectivity index (χ2v) is 4.54. The van der Waals surface area contributed by atoms with E-state index in [1.807, 2.05) is 18.2 Å². The van der Waals surface area contributed by atoms with Crippen LogP contribution in [0.2, 0.25) is 5.02 Å². The Labute approximate surface area is 97.4 Å². The minimum Gasteiger partial charge on any atom is -0.392 e. The van der Waals surface area contributed by atoms with Crippen LogP contribution in [0.15, 0.2) is 22.7 Å². The van der Waals surface area contributed by atoms with E-state index in [2.05, 4.69) is 21.2 Å². The second-order valence-electron chi connectivity index (χ2n) is 3.22. The summed E-state index contributed by atoms with van der Waals surface area (Å²) in [5.41, 5.74) is 1.03. The van der Waals surface area contributed by atoms with Gasteiger partial charge in [-0.15, -0.1) is 0 Å². The molecule has 0 spiro atoms. The molecule has 0 saturated heterocycles. The first-order valence-corrected chi connectivity index (χ1v) is 5.59. The van der Waals surface area contributed by atoms with Crippen molar-refractivity contribution < 1.29 is 5.11 Å². The summed E-state index contributed by atoms with van der Waals surface area (Å²) in [6.07, 6.45) is -0.332. The van der Waals surface area contributed by atoms with E-state index in [1.165, 1.54) is 0 Å². The molecule has 0 saturated carbocycles. The molecule has 2 nitrogen and oxygen atoms in total. The summed E-state index contributed by atoms with van der Waals surface area (Å²) < 4.78 is 1.01. The SMILES string of the molecule is CC(O)CNCc1cc(Br)ccc1Cl. The highest BCUT2D eigenvalue weighted by Crippen LogP contribution is 2.20. The summed E-state index contributed by atoms with van der Waals surface area (Å²) >= 11 is 9.37. The molecule has 1 aromatic rings. The quantitative estimate of drug-likeness (QED) is 0.887. The Balaban J connectivity index is 2.53. The lowest BCUT2D eigenvalue weighted by molar-refractivity contribution is 0.191. The van der Waals surface area contributed by atoms with Crippen molar-refractivity contribution in [2.75, 3.05) is 6.54 Å². The molecule has 0 aromatic heterocycles. The van der Waals surface area contributed by atoms with Crippen LogP contribution in [0, 0.1) is 0 Å². The molecule has 14 heavy (non-hydrogen) atoms. The Morgan fingerprint density at radius 2 is 2.29 bits per heavy atom. The lowest BCUT2D eigenvalue weighted by Gasteiger charge is -2.08. The van der Waals surface area contributed by atoms with Gasteiger partial charge in [-0.3, -0.25) is 0 Å². The van der Waals surface area contributed by atoms with Crippen molar-refractivity contribution in [3.8, 4) is 0 Å². The summed E-state index contributed by atoms with van der Waals surface area (Å²) in [5.74, 6) is 0. The standard InChI is InChI=1S/C10H13BrClNO/c1-7(14)5-13-6-8-4-9(11)2-3-10(8)12/h2-4,7,13-14H,5-6H2,1H3. The van der Waals surface area contributed by atoms with Crippen LogP contribution in [-0.2, 0) is 6.54 Å². The fraction of sp³-hybridized carbons (Fsp3) is 0.400. The van der Waals surface area contributed by atoms with Crippen molar-refractivity contribution >= 4 is 27.5 Å². The maximum Gasteiger partial charge on any atom is 0.0636 e. The molecular formula is C10H13BrClNO. The van der Waals surface area contributed by atoms with Crippen molar-refractivity contribution in [1.29, 1.82) is 0 Å². The molecule has 0 radical (unpaired) electrons. The molecule has 2 N–H and O–H groups in total. The van der Waals surface area contributed by atoms with E-state index in [9.17, 15) is 0 Å². The van der Waals surface area contributed by atoms with Crippen LogP contribution in [0.5, 0.6) is 0 Å². The smallest absolute Gasteiger partial charge is 0.0636 e. The predicted octanol–water partition coefficient (Wildman–Crippen LogP) is 2.57. The average molecular weight is 279 g/mol. The van der Waals surface area contributed by atoms with Gasteiger partial charge in [0.1, 0.15) is 0 Å². The van der Waals surface area contributed by atoms with Crippen molar-refractivity contribution in [1.82, 2.24) is 5.32 Å². The van der Waals surface area contributed by atoms with Crippen LogP contribution in [0.1, 0.15) is 12.5 Å². The van der Waals surface area contributed by atoms with Gasteiger partial charge in [0, 0.05) is 22.6 Å². The number of nitrogens with one attached hydrogen (secondary N) is 1. The Morgan fingerprint density at radius 3 is 2.93 bits per heavy atom. The van der Waals surface area contributed by atoms with E-state index in [4.69, 9.17) is 16.7 Å². The van der Waals surface area contributed by atoms with E-state index in [0.29, 0.717) is 13.1 Å². The maximum atomic E-state index is 9.05. The molecule has 0 bridgehead atoms. The van der Waals surface area contributed by atoms with Gasteiger partial charge in [-0.25, -0.2) is 0 Å². The molecular weight excluding hydrogens is 265 g/mol. The number of hydrogen-bond acceptors (Lipinski definition) is 2. The van der Waals surface area contributed by atoms with Crippen molar-refractivity contribution in [2.24, 2.45) is 0 Å². The van der Waals surface area contributed by atoms with Crippen LogP contribution < -0.4 is 5.32 Å². The molecule has 1 unspecified atom stereocenters. The van der Waals surface area contributed by atoms with Crippen LogP contribution >= 0.6 is 27.5 Å². The zero-order chi connectivity index (χ0) is 10.6. The number of benzene rings is 1. The number of hydrogen-bond donors (Lipinski definition) is 2. The third-order valence-corrected chi connectivity index (χ3v) is 2.62. The fourth-order valence-electron chi connectivity index (χ4n) is 1.09. The van der Waals surface area contributed by atoms with Gasteiger partial charge in [0.2, 0.25) is 0 Å². The van der Waals surface area contributed by atoms with Gasteiger partial charge < -0.3 is 10.4 Å². The summed E-state index contributed by atoms with van der Waals surface area (Å²) in [7, 11) is 0. The lowest BCUT2D eigenvalue weighted by Crippen LogP contribution is -2.23. The van der Waals surface area contributed by atoms with Gasteiger partial charge >= 0.3 is 0 Å². The molecule has 0 fully saturated rings. The molecule has 78 valence electrons. The monoisotopic (exact) mass is 277 g/mol. The first kappa shape index (κ1) is 12.0. The van der Waals surface area contributed by atoms with E-state index in [-0.39, 0.29) is 6.10 Å². The van der Waals surface area contributed by atoms with Crippen molar-refractivity contribution in [3.63, 3.8) is 0 Å². The van der Waals surface area contributed by atoms with Crippen LogP contribution in [0.4, 0.5) is 0 Å². The van der Waals surface area contributed by atoms with Gasteiger partial charge in [0.15, 0.2) is 0 Å². The van der Waals surface area contributed by atoms with Gasteiger partial charge in [-0.2, -0.15) is 0 Å². The van der Waals surface area contributed by atoms with Crippen molar-refractivity contribution in [3.05, 3.63) is 33.3 Å². The largest absolute Gasteiger partial charge is 0.392 e. The second kappa shape index (κ2) is 5.71. The van der Waals surface area contributed by atoms with Gasteiger partial charge in [-0.1, -0.05) is 27.5 Å². The fourth-order valence-corrected chi connectivity index (χ4v) is 1.69. The molecule has 0 aliphatic carbocycles. The lowest BCUT2D eigenvalue weighted by atomic mass is 10.2. The average Bonchev–Trinajstić information content (AvgIpc) is 2.10. The van der Waals surface area contributed by atoms with Crippen LogP contribution in [-0.4, -0.2) is 17.8 Å². The number of rotatable bonds is 4. The maximum absolute atomic E-state index is 9.05. The Kier molecular flexibility index (Phi) is 4.89. The van der Waals surface area contributed by atoms with E-state index >= 15 is 0 Å². The van der Waals surface area contributed by atoms with Crippen LogP contribution in [0.25, 0.3) is 0 Å². The normalized spacial score (nSPS) is 12.9. The summed E-state index contributed by atoms with van der Waals surface area (Å²) in [5, 5.41) is 12.9. The van der Waals surface area contributed by atoms with Crippen molar-refractivity contribution in [2.45, 2.75) is 19.6 Å². The first-order chi connectivity index (χ1) is 6.59. The summed E-state index contributed by atoms with van der Waals surface area (Å²) in [6.45, 7) is 2.99. The number of aliphatic hydroxyl groups is 1. The first-order valence-electron chi connectivity index (χ1n) is 4.42. The molecule has 0 amide bonds.